The molecule has 1 amide bonds. The van der Waals surface area contributed by atoms with E-state index in [1.54, 1.807) is 49.7 Å². The van der Waals surface area contributed by atoms with E-state index in [-0.39, 0.29) is 5.91 Å². The molecule has 0 unspecified atom stereocenters. The monoisotopic (exact) mass is 258 g/mol. The second-order valence-electron chi connectivity index (χ2n) is 3.81. The molecule has 2 aromatic rings. The van der Waals surface area contributed by atoms with Gasteiger partial charge < -0.3 is 14.8 Å². The van der Waals surface area contributed by atoms with Crippen LogP contribution in [0.25, 0.3) is 0 Å². The lowest BCUT2D eigenvalue weighted by Crippen LogP contribution is -2.07. The average Bonchev–Trinajstić information content (AvgIpc) is 2.41. The van der Waals surface area contributed by atoms with Crippen molar-refractivity contribution in [1.82, 2.24) is 4.98 Å². The zero-order valence-electron chi connectivity index (χ0n) is 10.7. The lowest BCUT2D eigenvalue weighted by Gasteiger charge is -2.10. The quantitative estimate of drug-likeness (QED) is 0.916. The molecule has 0 spiro atoms. The summed E-state index contributed by atoms with van der Waals surface area (Å²) < 4.78 is 10.7. The topological polar surface area (TPSA) is 60.5 Å². The normalized spacial score (nSPS) is 9.79. The highest BCUT2D eigenvalue weighted by molar-refractivity contribution is 5.89. The maximum atomic E-state index is 11.1. The van der Waals surface area contributed by atoms with E-state index >= 15 is 0 Å². The summed E-state index contributed by atoms with van der Waals surface area (Å²) in [6, 6.07) is 10.6. The van der Waals surface area contributed by atoms with Crippen molar-refractivity contribution >= 4 is 11.6 Å². The van der Waals surface area contributed by atoms with Gasteiger partial charge in [0.1, 0.15) is 17.2 Å². The van der Waals surface area contributed by atoms with Crippen LogP contribution in [0.3, 0.4) is 0 Å². The number of benzene rings is 1. The van der Waals surface area contributed by atoms with Crippen LogP contribution < -0.4 is 14.8 Å². The Hall–Kier alpha value is -2.56. The first kappa shape index (κ1) is 12.9. The van der Waals surface area contributed by atoms with Crippen molar-refractivity contribution in [3.05, 3.63) is 42.6 Å². The first-order valence-electron chi connectivity index (χ1n) is 5.73. The number of hydrogen-bond acceptors (Lipinski definition) is 4. The molecule has 0 aliphatic carbocycles. The molecule has 0 aliphatic rings. The van der Waals surface area contributed by atoms with E-state index in [4.69, 9.17) is 9.47 Å². The molecule has 0 fully saturated rings. The van der Waals surface area contributed by atoms with Gasteiger partial charge in [0.25, 0.3) is 0 Å². The second-order valence-corrected chi connectivity index (χ2v) is 3.81. The van der Waals surface area contributed by atoms with E-state index in [0.717, 1.165) is 5.75 Å². The molecule has 5 heteroatoms. The number of anilines is 1. The van der Waals surface area contributed by atoms with Crippen molar-refractivity contribution in [2.45, 2.75) is 6.92 Å². The number of rotatable bonds is 4. The maximum absolute atomic E-state index is 11.1. The number of carbonyl (C=O) groups excluding carboxylic acids is 1. The van der Waals surface area contributed by atoms with E-state index < -0.39 is 0 Å². The van der Waals surface area contributed by atoms with Crippen molar-refractivity contribution in [2.24, 2.45) is 0 Å². The fourth-order valence-electron chi connectivity index (χ4n) is 1.51. The minimum atomic E-state index is -0.174. The molecule has 1 aromatic carbocycles. The van der Waals surface area contributed by atoms with E-state index in [1.807, 2.05) is 0 Å². The fraction of sp³-hybridized carbons (Fsp3) is 0.143. The van der Waals surface area contributed by atoms with Gasteiger partial charge in [-0.1, -0.05) is 0 Å². The third-order valence-electron chi connectivity index (χ3n) is 2.36. The van der Waals surface area contributed by atoms with Crippen molar-refractivity contribution in [3.63, 3.8) is 0 Å². The first-order chi connectivity index (χ1) is 9.19. The highest BCUT2D eigenvalue weighted by Crippen LogP contribution is 2.27. The number of ether oxygens (including phenoxy) is 2. The summed E-state index contributed by atoms with van der Waals surface area (Å²) in [5.74, 6) is 1.54. The molecule has 5 nitrogen and oxygen atoms in total. The molecule has 0 radical (unpaired) electrons. The fourth-order valence-corrected chi connectivity index (χ4v) is 1.51. The molecule has 1 heterocycles. The van der Waals surface area contributed by atoms with Crippen LogP contribution in [0.15, 0.2) is 42.6 Å². The molecule has 0 saturated carbocycles. The molecule has 0 aliphatic heterocycles. The molecule has 1 aromatic heterocycles. The van der Waals surface area contributed by atoms with E-state index in [9.17, 15) is 4.79 Å². The molecule has 0 atom stereocenters. The van der Waals surface area contributed by atoms with Gasteiger partial charge in [0.2, 0.25) is 11.8 Å². The average molecular weight is 258 g/mol. The molecular weight excluding hydrogens is 244 g/mol. The van der Waals surface area contributed by atoms with Crippen LogP contribution >= 0.6 is 0 Å². The number of methoxy groups -OCH3 is 1. The summed E-state index contributed by atoms with van der Waals surface area (Å²) in [4.78, 5) is 15.2. The van der Waals surface area contributed by atoms with Gasteiger partial charge in [-0.25, -0.2) is 4.98 Å². The summed E-state index contributed by atoms with van der Waals surface area (Å²) in [6.45, 7) is 1.43. The number of carbonyl (C=O) groups is 1. The zero-order valence-corrected chi connectivity index (χ0v) is 10.7. The van der Waals surface area contributed by atoms with Crippen LogP contribution in [0, 0.1) is 0 Å². The highest BCUT2D eigenvalue weighted by atomic mass is 16.5. The Morgan fingerprint density at radius 3 is 2.47 bits per heavy atom. The van der Waals surface area contributed by atoms with Crippen molar-refractivity contribution < 1.29 is 14.3 Å². The Kier molecular flexibility index (Phi) is 3.97. The summed E-state index contributed by atoms with van der Waals surface area (Å²) in [6.07, 6.45) is 1.60. The Bertz CT molecular complexity index is 567. The van der Waals surface area contributed by atoms with Gasteiger partial charge in [-0.3, -0.25) is 4.79 Å². The molecule has 2 rings (SSSR count). The van der Waals surface area contributed by atoms with Gasteiger partial charge >= 0.3 is 0 Å². The van der Waals surface area contributed by atoms with Gasteiger partial charge in [-0.2, -0.15) is 0 Å². The number of nitrogens with one attached hydrogen (secondary N) is 1. The SMILES string of the molecule is COc1ccc(Oc2ncccc2NC(C)=O)cc1. The first-order valence-corrected chi connectivity index (χ1v) is 5.73. The number of pyridine rings is 1. The molecular formula is C14H14N2O3. The Balaban J connectivity index is 2.19. The summed E-state index contributed by atoms with van der Waals surface area (Å²) >= 11 is 0. The summed E-state index contributed by atoms with van der Waals surface area (Å²) in [7, 11) is 1.60. The van der Waals surface area contributed by atoms with Crippen LogP contribution in [0.5, 0.6) is 17.4 Å². The van der Waals surface area contributed by atoms with Crippen molar-refractivity contribution in [2.75, 3.05) is 12.4 Å². The van der Waals surface area contributed by atoms with Gasteiger partial charge in [-0.15, -0.1) is 0 Å². The molecule has 1 N–H and O–H groups in total. The third-order valence-corrected chi connectivity index (χ3v) is 2.36. The summed E-state index contributed by atoms with van der Waals surface area (Å²) in [5.41, 5.74) is 0.533. The highest BCUT2D eigenvalue weighted by Gasteiger charge is 2.07. The van der Waals surface area contributed by atoms with Crippen molar-refractivity contribution in [1.29, 1.82) is 0 Å². The predicted molar refractivity (Wildman–Crippen MR) is 71.6 cm³/mol. The standard InChI is InChI=1S/C14H14N2O3/c1-10(17)16-13-4-3-9-15-14(13)19-12-7-5-11(18-2)6-8-12/h3-9H,1-2H3,(H,16,17). The largest absolute Gasteiger partial charge is 0.497 e. The van der Waals surface area contributed by atoms with Crippen LogP contribution in [0.4, 0.5) is 5.69 Å². The maximum Gasteiger partial charge on any atom is 0.243 e. The zero-order chi connectivity index (χ0) is 13.7. The molecule has 0 saturated heterocycles. The Morgan fingerprint density at radius 1 is 1.16 bits per heavy atom. The van der Waals surface area contributed by atoms with Gasteiger partial charge in [0, 0.05) is 13.1 Å². The number of hydrogen-bond donors (Lipinski definition) is 1. The molecule has 98 valence electrons. The van der Waals surface area contributed by atoms with Gasteiger partial charge in [0.15, 0.2) is 0 Å². The minimum Gasteiger partial charge on any atom is -0.497 e. The summed E-state index contributed by atoms with van der Waals surface area (Å²) in [5, 5.41) is 2.67. The van der Waals surface area contributed by atoms with E-state index in [1.165, 1.54) is 6.92 Å². The van der Waals surface area contributed by atoms with Crippen LogP contribution in [-0.2, 0) is 4.79 Å². The van der Waals surface area contributed by atoms with Gasteiger partial charge in [0.05, 0.1) is 7.11 Å². The lowest BCUT2D eigenvalue weighted by molar-refractivity contribution is -0.114. The van der Waals surface area contributed by atoms with Crippen LogP contribution in [0.2, 0.25) is 0 Å². The molecule has 19 heavy (non-hydrogen) atoms. The lowest BCUT2D eigenvalue weighted by atomic mass is 10.3. The number of amides is 1. The van der Waals surface area contributed by atoms with Gasteiger partial charge in [-0.05, 0) is 36.4 Å². The van der Waals surface area contributed by atoms with Crippen LogP contribution in [-0.4, -0.2) is 18.0 Å². The van der Waals surface area contributed by atoms with Crippen molar-refractivity contribution in [3.8, 4) is 17.4 Å². The minimum absolute atomic E-state index is 0.174. The number of nitrogens with zero attached hydrogens (tertiary/aromatic N) is 1. The predicted octanol–water partition coefficient (Wildman–Crippen LogP) is 2.84. The Labute approximate surface area is 111 Å². The molecule has 0 bridgehead atoms. The van der Waals surface area contributed by atoms with Crippen LogP contribution in [0.1, 0.15) is 6.92 Å². The van der Waals surface area contributed by atoms with E-state index in [0.29, 0.717) is 17.3 Å². The third kappa shape index (κ3) is 3.45. The Morgan fingerprint density at radius 2 is 1.84 bits per heavy atom. The smallest absolute Gasteiger partial charge is 0.243 e. The second kappa shape index (κ2) is 5.86. The number of aromatic nitrogens is 1. The van der Waals surface area contributed by atoms with E-state index in [2.05, 4.69) is 10.3 Å².